The summed E-state index contributed by atoms with van der Waals surface area (Å²) in [6.45, 7) is 2.44. The van der Waals surface area contributed by atoms with Crippen LogP contribution in [-0.4, -0.2) is 59.8 Å². The van der Waals surface area contributed by atoms with Gasteiger partial charge in [-0.1, -0.05) is 42.5 Å². The van der Waals surface area contributed by atoms with Gasteiger partial charge < -0.3 is 9.64 Å². The third kappa shape index (κ3) is 4.52. The molecular formula is C24H25N3O3. The maximum atomic E-state index is 12.7. The van der Waals surface area contributed by atoms with Crippen molar-refractivity contribution in [2.45, 2.75) is 31.4 Å². The van der Waals surface area contributed by atoms with Crippen molar-refractivity contribution in [1.29, 1.82) is 5.26 Å². The maximum Gasteiger partial charge on any atom is 0.237 e. The third-order valence-corrected chi connectivity index (χ3v) is 5.75. The first-order valence-electron chi connectivity index (χ1n) is 10.4. The van der Waals surface area contributed by atoms with Gasteiger partial charge in [-0.05, 0) is 31.4 Å². The predicted molar refractivity (Wildman–Crippen MR) is 112 cm³/mol. The van der Waals surface area contributed by atoms with Crippen molar-refractivity contribution >= 4 is 11.7 Å². The van der Waals surface area contributed by atoms with Crippen LogP contribution in [0.4, 0.5) is 0 Å². The summed E-state index contributed by atoms with van der Waals surface area (Å²) >= 11 is 0. The van der Waals surface area contributed by atoms with Gasteiger partial charge in [0.15, 0.2) is 5.78 Å². The Hall–Kier alpha value is -3.17. The lowest BCUT2D eigenvalue weighted by Crippen LogP contribution is -2.42. The first-order chi connectivity index (χ1) is 14.6. The SMILES string of the molecule is N#C[C@@H]1CCCN1C(=O)CN1CC[C@H](Oc2cccc(C(=O)c3ccccc3)c2)C1. The van der Waals surface area contributed by atoms with E-state index in [1.807, 2.05) is 30.3 Å². The molecule has 2 aliphatic heterocycles. The molecule has 1 amide bonds. The van der Waals surface area contributed by atoms with Gasteiger partial charge in [0.1, 0.15) is 17.9 Å². The van der Waals surface area contributed by atoms with Crippen LogP contribution < -0.4 is 4.74 Å². The third-order valence-electron chi connectivity index (χ3n) is 5.75. The molecule has 2 saturated heterocycles. The number of carbonyl (C=O) groups is 2. The molecule has 0 aromatic heterocycles. The predicted octanol–water partition coefficient (Wildman–Crippen LogP) is 2.89. The van der Waals surface area contributed by atoms with E-state index >= 15 is 0 Å². The fraction of sp³-hybridized carbons (Fsp3) is 0.375. The Morgan fingerprint density at radius 3 is 2.63 bits per heavy atom. The van der Waals surface area contributed by atoms with Gasteiger partial charge in [-0.3, -0.25) is 14.5 Å². The van der Waals surface area contributed by atoms with E-state index in [9.17, 15) is 14.9 Å². The molecular weight excluding hydrogens is 378 g/mol. The van der Waals surface area contributed by atoms with Crippen molar-refractivity contribution in [2.75, 3.05) is 26.2 Å². The number of hydrogen-bond acceptors (Lipinski definition) is 5. The van der Waals surface area contributed by atoms with Crippen LogP contribution in [0.3, 0.4) is 0 Å². The largest absolute Gasteiger partial charge is 0.489 e. The van der Waals surface area contributed by atoms with Gasteiger partial charge >= 0.3 is 0 Å². The molecule has 30 heavy (non-hydrogen) atoms. The normalized spacial score (nSPS) is 21.4. The summed E-state index contributed by atoms with van der Waals surface area (Å²) in [7, 11) is 0. The molecule has 6 heteroatoms. The number of amides is 1. The van der Waals surface area contributed by atoms with Crippen LogP contribution in [0.5, 0.6) is 5.75 Å². The molecule has 4 rings (SSSR count). The highest BCUT2D eigenvalue weighted by atomic mass is 16.5. The van der Waals surface area contributed by atoms with Crippen LogP contribution in [0.15, 0.2) is 54.6 Å². The van der Waals surface area contributed by atoms with Gasteiger partial charge in [0.2, 0.25) is 5.91 Å². The Morgan fingerprint density at radius 1 is 1.03 bits per heavy atom. The zero-order chi connectivity index (χ0) is 20.9. The lowest BCUT2D eigenvalue weighted by Gasteiger charge is -2.23. The Kier molecular flexibility index (Phi) is 6.10. The molecule has 2 heterocycles. The first kappa shape index (κ1) is 20.1. The average Bonchev–Trinajstić information content (AvgIpc) is 3.43. The smallest absolute Gasteiger partial charge is 0.237 e. The van der Waals surface area contributed by atoms with Gasteiger partial charge in [0, 0.05) is 30.8 Å². The van der Waals surface area contributed by atoms with E-state index in [-0.39, 0.29) is 23.8 Å². The summed E-state index contributed by atoms with van der Waals surface area (Å²) in [5.74, 6) is 0.659. The molecule has 2 aromatic rings. The quantitative estimate of drug-likeness (QED) is 0.694. The lowest BCUT2D eigenvalue weighted by molar-refractivity contribution is -0.132. The fourth-order valence-electron chi connectivity index (χ4n) is 4.18. The van der Waals surface area contributed by atoms with Gasteiger partial charge in [-0.25, -0.2) is 0 Å². The summed E-state index contributed by atoms with van der Waals surface area (Å²) in [6.07, 6.45) is 2.47. The molecule has 0 N–H and O–H groups in total. The van der Waals surface area contributed by atoms with E-state index in [4.69, 9.17) is 4.74 Å². The minimum absolute atomic E-state index is 0.0229. The Morgan fingerprint density at radius 2 is 1.83 bits per heavy atom. The second kappa shape index (κ2) is 9.10. The second-order valence-electron chi connectivity index (χ2n) is 7.86. The van der Waals surface area contributed by atoms with Crippen LogP contribution in [-0.2, 0) is 4.79 Å². The van der Waals surface area contributed by atoms with Gasteiger partial charge in [-0.15, -0.1) is 0 Å². The minimum Gasteiger partial charge on any atom is -0.489 e. The number of nitriles is 1. The number of ketones is 1. The second-order valence-corrected chi connectivity index (χ2v) is 7.86. The fourth-order valence-corrected chi connectivity index (χ4v) is 4.18. The Balaban J connectivity index is 1.33. The van der Waals surface area contributed by atoms with Crippen molar-refractivity contribution in [1.82, 2.24) is 9.80 Å². The monoisotopic (exact) mass is 403 g/mol. The van der Waals surface area contributed by atoms with E-state index < -0.39 is 0 Å². The molecule has 0 radical (unpaired) electrons. The highest BCUT2D eigenvalue weighted by molar-refractivity contribution is 6.09. The number of likely N-dealkylation sites (tertiary alicyclic amines) is 2. The van der Waals surface area contributed by atoms with E-state index in [1.165, 1.54) is 0 Å². The topological polar surface area (TPSA) is 73.6 Å². The number of nitrogens with zero attached hydrogens (tertiary/aromatic N) is 3. The van der Waals surface area contributed by atoms with E-state index in [1.54, 1.807) is 29.2 Å². The molecule has 2 fully saturated rings. The number of hydrogen-bond donors (Lipinski definition) is 0. The lowest BCUT2D eigenvalue weighted by atomic mass is 10.0. The molecule has 6 nitrogen and oxygen atoms in total. The number of benzene rings is 2. The number of carbonyl (C=O) groups excluding carboxylic acids is 2. The summed E-state index contributed by atoms with van der Waals surface area (Å²) in [5.41, 5.74) is 1.25. The Labute approximate surface area is 176 Å². The molecule has 0 aliphatic carbocycles. The molecule has 0 bridgehead atoms. The van der Waals surface area contributed by atoms with Crippen LogP contribution in [0.1, 0.15) is 35.2 Å². The van der Waals surface area contributed by atoms with Crippen molar-refractivity contribution < 1.29 is 14.3 Å². The zero-order valence-corrected chi connectivity index (χ0v) is 16.9. The summed E-state index contributed by atoms with van der Waals surface area (Å²) < 4.78 is 6.11. The minimum atomic E-state index is -0.281. The highest BCUT2D eigenvalue weighted by Crippen LogP contribution is 2.22. The van der Waals surface area contributed by atoms with Crippen LogP contribution in [0.2, 0.25) is 0 Å². The van der Waals surface area contributed by atoms with Gasteiger partial charge in [0.25, 0.3) is 0 Å². The number of ether oxygens (including phenoxy) is 1. The van der Waals surface area contributed by atoms with E-state index in [0.717, 1.165) is 25.8 Å². The Bertz CT molecular complexity index is 954. The molecule has 0 unspecified atom stereocenters. The molecule has 154 valence electrons. The van der Waals surface area contributed by atoms with Crippen molar-refractivity contribution in [3.05, 3.63) is 65.7 Å². The number of rotatable bonds is 6. The summed E-state index contributed by atoms with van der Waals surface area (Å²) in [5, 5.41) is 9.19. The van der Waals surface area contributed by atoms with E-state index in [0.29, 0.717) is 36.5 Å². The maximum absolute atomic E-state index is 12.7. The van der Waals surface area contributed by atoms with Gasteiger partial charge in [0.05, 0.1) is 12.6 Å². The average molecular weight is 403 g/mol. The van der Waals surface area contributed by atoms with Crippen LogP contribution in [0.25, 0.3) is 0 Å². The van der Waals surface area contributed by atoms with Crippen molar-refractivity contribution in [3.63, 3.8) is 0 Å². The summed E-state index contributed by atoms with van der Waals surface area (Å²) in [6, 6.07) is 18.4. The van der Waals surface area contributed by atoms with E-state index in [2.05, 4.69) is 11.0 Å². The molecule has 0 saturated carbocycles. The van der Waals surface area contributed by atoms with Gasteiger partial charge in [-0.2, -0.15) is 5.26 Å². The summed E-state index contributed by atoms with van der Waals surface area (Å²) in [4.78, 5) is 29.0. The molecule has 2 aliphatic rings. The standard InChI is InChI=1S/C24H25N3O3/c25-15-20-9-5-12-27(20)23(28)17-26-13-11-22(16-26)30-21-10-4-8-19(14-21)24(29)18-6-2-1-3-7-18/h1-4,6-8,10,14,20,22H,5,9,11-13,16-17H2/t20-,22-/m0/s1. The van der Waals surface area contributed by atoms with Crippen molar-refractivity contribution in [3.8, 4) is 11.8 Å². The zero-order valence-electron chi connectivity index (χ0n) is 16.9. The molecule has 2 atom stereocenters. The van der Waals surface area contributed by atoms with Crippen LogP contribution >= 0.6 is 0 Å². The molecule has 2 aromatic carbocycles. The highest BCUT2D eigenvalue weighted by Gasteiger charge is 2.32. The molecule has 0 spiro atoms. The van der Waals surface area contributed by atoms with Crippen LogP contribution in [0, 0.1) is 11.3 Å². The van der Waals surface area contributed by atoms with Crippen molar-refractivity contribution in [2.24, 2.45) is 0 Å². The first-order valence-corrected chi connectivity index (χ1v) is 10.4.